The third-order valence-corrected chi connectivity index (χ3v) is 2.92. The molecular weight excluding hydrogens is 224 g/mol. The minimum Gasteiger partial charge on any atom is -0.337 e. The standard InChI is InChI=1S/C14H14N4/c1-9-5-6-12-14(16-9)18-13(17-12)11-4-2-3-10(7-11)8-15/h2-7H,8,15H2,1H3,(H,16,17,18). The van der Waals surface area contributed by atoms with Gasteiger partial charge in [0.25, 0.3) is 0 Å². The lowest BCUT2D eigenvalue weighted by Crippen LogP contribution is -1.95. The quantitative estimate of drug-likeness (QED) is 0.720. The van der Waals surface area contributed by atoms with Crippen LogP contribution in [0.2, 0.25) is 0 Å². The number of rotatable bonds is 2. The summed E-state index contributed by atoms with van der Waals surface area (Å²) < 4.78 is 0. The summed E-state index contributed by atoms with van der Waals surface area (Å²) in [7, 11) is 0. The summed E-state index contributed by atoms with van der Waals surface area (Å²) in [5.41, 5.74) is 10.5. The van der Waals surface area contributed by atoms with E-state index in [4.69, 9.17) is 5.73 Å². The van der Waals surface area contributed by atoms with Gasteiger partial charge < -0.3 is 10.7 Å². The normalized spacial score (nSPS) is 11.0. The molecule has 0 amide bonds. The highest BCUT2D eigenvalue weighted by atomic mass is 15.0. The van der Waals surface area contributed by atoms with Gasteiger partial charge in [0.1, 0.15) is 5.82 Å². The van der Waals surface area contributed by atoms with Crippen LogP contribution < -0.4 is 5.73 Å². The number of H-pyrrole nitrogens is 1. The topological polar surface area (TPSA) is 67.6 Å². The van der Waals surface area contributed by atoms with Crippen molar-refractivity contribution in [2.75, 3.05) is 0 Å². The first-order valence-corrected chi connectivity index (χ1v) is 5.89. The fourth-order valence-corrected chi connectivity index (χ4v) is 1.97. The van der Waals surface area contributed by atoms with Crippen LogP contribution in [-0.2, 0) is 6.54 Å². The number of nitrogens with one attached hydrogen (secondary N) is 1. The lowest BCUT2D eigenvalue weighted by Gasteiger charge is -1.99. The molecule has 0 atom stereocenters. The maximum Gasteiger partial charge on any atom is 0.178 e. The van der Waals surface area contributed by atoms with E-state index in [1.54, 1.807) is 0 Å². The van der Waals surface area contributed by atoms with E-state index in [2.05, 4.69) is 15.0 Å². The SMILES string of the molecule is Cc1ccc2[nH]c(-c3cccc(CN)c3)nc2n1. The molecule has 0 unspecified atom stereocenters. The monoisotopic (exact) mass is 238 g/mol. The largest absolute Gasteiger partial charge is 0.337 e. The molecule has 0 aliphatic rings. The Balaban J connectivity index is 2.13. The summed E-state index contributed by atoms with van der Waals surface area (Å²) in [5, 5.41) is 0. The molecule has 3 rings (SSSR count). The minimum absolute atomic E-state index is 0.533. The first-order valence-electron chi connectivity index (χ1n) is 5.89. The molecule has 0 aliphatic carbocycles. The van der Waals surface area contributed by atoms with Crippen LogP contribution in [0.5, 0.6) is 0 Å². The second-order valence-corrected chi connectivity index (χ2v) is 4.31. The molecule has 0 saturated carbocycles. The molecule has 0 fully saturated rings. The number of aromatic amines is 1. The van der Waals surface area contributed by atoms with Crippen LogP contribution in [0.4, 0.5) is 0 Å². The third kappa shape index (κ3) is 1.87. The van der Waals surface area contributed by atoms with Crippen molar-refractivity contribution in [1.29, 1.82) is 0 Å². The number of aromatic nitrogens is 3. The zero-order chi connectivity index (χ0) is 12.5. The van der Waals surface area contributed by atoms with Gasteiger partial charge in [0, 0.05) is 17.8 Å². The molecule has 4 nitrogen and oxygen atoms in total. The van der Waals surface area contributed by atoms with Gasteiger partial charge in [-0.2, -0.15) is 0 Å². The molecule has 4 heteroatoms. The summed E-state index contributed by atoms with van der Waals surface area (Å²) in [6.07, 6.45) is 0. The number of fused-ring (bicyclic) bond motifs is 1. The fraction of sp³-hybridized carbons (Fsp3) is 0.143. The van der Waals surface area contributed by atoms with Crippen molar-refractivity contribution in [3.8, 4) is 11.4 Å². The minimum atomic E-state index is 0.533. The number of hydrogen-bond donors (Lipinski definition) is 2. The van der Waals surface area contributed by atoms with Crippen molar-refractivity contribution in [1.82, 2.24) is 15.0 Å². The first kappa shape index (κ1) is 10.9. The van der Waals surface area contributed by atoms with Gasteiger partial charge in [-0.05, 0) is 30.7 Å². The molecule has 0 radical (unpaired) electrons. The highest BCUT2D eigenvalue weighted by Gasteiger charge is 2.06. The van der Waals surface area contributed by atoms with Crippen LogP contribution in [0.3, 0.4) is 0 Å². The molecule has 2 heterocycles. The Morgan fingerprint density at radius 2 is 2.06 bits per heavy atom. The summed E-state index contributed by atoms with van der Waals surface area (Å²) >= 11 is 0. The predicted octanol–water partition coefficient (Wildman–Crippen LogP) is 2.39. The van der Waals surface area contributed by atoms with E-state index in [9.17, 15) is 0 Å². The van der Waals surface area contributed by atoms with Crippen LogP contribution in [0.15, 0.2) is 36.4 Å². The lowest BCUT2D eigenvalue weighted by atomic mass is 10.1. The highest BCUT2D eigenvalue weighted by Crippen LogP contribution is 2.20. The molecule has 1 aromatic carbocycles. The van der Waals surface area contributed by atoms with Crippen LogP contribution in [0, 0.1) is 6.92 Å². The zero-order valence-electron chi connectivity index (χ0n) is 10.1. The van der Waals surface area contributed by atoms with E-state index in [1.807, 2.05) is 43.3 Å². The van der Waals surface area contributed by atoms with Crippen LogP contribution in [0.25, 0.3) is 22.6 Å². The predicted molar refractivity (Wildman–Crippen MR) is 72.0 cm³/mol. The Hall–Kier alpha value is -2.20. The molecule has 18 heavy (non-hydrogen) atoms. The molecule has 0 spiro atoms. The molecule has 3 N–H and O–H groups in total. The maximum atomic E-state index is 5.65. The van der Waals surface area contributed by atoms with Crippen LogP contribution in [0.1, 0.15) is 11.3 Å². The molecule has 0 saturated heterocycles. The van der Waals surface area contributed by atoms with Gasteiger partial charge in [-0.3, -0.25) is 0 Å². The van der Waals surface area contributed by atoms with Gasteiger partial charge in [-0.15, -0.1) is 0 Å². The molecular formula is C14H14N4. The van der Waals surface area contributed by atoms with E-state index in [0.29, 0.717) is 6.54 Å². The molecule has 0 bridgehead atoms. The Morgan fingerprint density at radius 3 is 2.89 bits per heavy atom. The van der Waals surface area contributed by atoms with Crippen molar-refractivity contribution >= 4 is 11.2 Å². The second-order valence-electron chi connectivity index (χ2n) is 4.31. The number of hydrogen-bond acceptors (Lipinski definition) is 3. The molecule has 3 aromatic rings. The van der Waals surface area contributed by atoms with Crippen molar-refractivity contribution in [2.45, 2.75) is 13.5 Å². The van der Waals surface area contributed by atoms with Crippen molar-refractivity contribution in [3.05, 3.63) is 47.7 Å². The number of benzene rings is 1. The number of pyridine rings is 1. The van der Waals surface area contributed by atoms with E-state index < -0.39 is 0 Å². The van der Waals surface area contributed by atoms with Gasteiger partial charge in [-0.25, -0.2) is 9.97 Å². The Kier molecular flexibility index (Phi) is 2.57. The van der Waals surface area contributed by atoms with Gasteiger partial charge in [0.2, 0.25) is 0 Å². The summed E-state index contributed by atoms with van der Waals surface area (Å²) in [5.74, 6) is 0.832. The van der Waals surface area contributed by atoms with E-state index in [0.717, 1.165) is 33.8 Å². The average Bonchev–Trinajstić information content (AvgIpc) is 2.81. The molecule has 2 aromatic heterocycles. The lowest BCUT2D eigenvalue weighted by molar-refractivity contribution is 1.07. The van der Waals surface area contributed by atoms with Gasteiger partial charge in [0.15, 0.2) is 5.65 Å². The fourth-order valence-electron chi connectivity index (χ4n) is 1.97. The van der Waals surface area contributed by atoms with Crippen LogP contribution >= 0.6 is 0 Å². The number of nitrogens with two attached hydrogens (primary N) is 1. The first-order chi connectivity index (χ1) is 8.76. The smallest absolute Gasteiger partial charge is 0.178 e. The number of nitrogens with zero attached hydrogens (tertiary/aromatic N) is 2. The highest BCUT2D eigenvalue weighted by molar-refractivity contribution is 5.76. The summed E-state index contributed by atoms with van der Waals surface area (Å²) in [6.45, 7) is 2.49. The maximum absolute atomic E-state index is 5.65. The third-order valence-electron chi connectivity index (χ3n) is 2.92. The van der Waals surface area contributed by atoms with Gasteiger partial charge >= 0.3 is 0 Å². The number of imidazole rings is 1. The van der Waals surface area contributed by atoms with Gasteiger partial charge in [0.05, 0.1) is 5.52 Å². The van der Waals surface area contributed by atoms with Crippen molar-refractivity contribution in [3.63, 3.8) is 0 Å². The Labute approximate surface area is 105 Å². The van der Waals surface area contributed by atoms with E-state index >= 15 is 0 Å². The van der Waals surface area contributed by atoms with Crippen molar-refractivity contribution in [2.24, 2.45) is 5.73 Å². The van der Waals surface area contributed by atoms with Crippen LogP contribution in [-0.4, -0.2) is 15.0 Å². The Bertz CT molecular complexity index is 700. The summed E-state index contributed by atoms with van der Waals surface area (Å²) in [4.78, 5) is 12.2. The van der Waals surface area contributed by atoms with Crippen molar-refractivity contribution < 1.29 is 0 Å². The van der Waals surface area contributed by atoms with E-state index in [-0.39, 0.29) is 0 Å². The zero-order valence-corrected chi connectivity index (χ0v) is 10.1. The number of aryl methyl sites for hydroxylation is 1. The average molecular weight is 238 g/mol. The Morgan fingerprint density at radius 1 is 1.17 bits per heavy atom. The van der Waals surface area contributed by atoms with E-state index in [1.165, 1.54) is 0 Å². The summed E-state index contributed by atoms with van der Waals surface area (Å²) in [6, 6.07) is 12.0. The molecule has 90 valence electrons. The van der Waals surface area contributed by atoms with Gasteiger partial charge in [-0.1, -0.05) is 18.2 Å². The molecule has 0 aliphatic heterocycles. The second kappa shape index (κ2) is 4.23.